The molecule has 4 rings (SSSR count). The molecule has 0 saturated heterocycles. The van der Waals surface area contributed by atoms with Crippen molar-refractivity contribution in [3.63, 3.8) is 0 Å². The molecule has 2 nitrogen and oxygen atoms in total. The van der Waals surface area contributed by atoms with E-state index in [1.54, 1.807) is 0 Å². The fraction of sp³-hybridized carbons (Fsp3) is 0.932. The number of carbonyl (C=O) groups excluding carboxylic acids is 1. The lowest BCUT2D eigenvalue weighted by Crippen LogP contribution is -2.56. The molecule has 0 radical (unpaired) electrons. The van der Waals surface area contributed by atoms with Gasteiger partial charge >= 0.3 is 0 Å². The number of allylic oxidation sites excluding steroid dienone is 1. The highest BCUT2D eigenvalue weighted by Crippen LogP contribution is 2.69. The average Bonchev–Trinajstić information content (AvgIpc) is 3.38. The summed E-state index contributed by atoms with van der Waals surface area (Å²) in [6, 6.07) is 0. The summed E-state index contributed by atoms with van der Waals surface area (Å²) < 4.78 is 0. The zero-order valence-electron chi connectivity index (χ0n) is 31.7. The van der Waals surface area contributed by atoms with E-state index in [2.05, 4.69) is 47.6 Å². The van der Waals surface area contributed by atoms with Gasteiger partial charge in [-0.3, -0.25) is 0 Å². The Morgan fingerprint density at radius 3 is 2.00 bits per heavy atom. The van der Waals surface area contributed by atoms with Gasteiger partial charge in [-0.1, -0.05) is 162 Å². The van der Waals surface area contributed by atoms with E-state index in [4.69, 9.17) is 0 Å². The van der Waals surface area contributed by atoms with E-state index < -0.39 is 6.10 Å². The van der Waals surface area contributed by atoms with E-state index in [1.807, 2.05) is 0 Å². The number of hydrogen-bond acceptors (Lipinski definition) is 2. The Morgan fingerprint density at radius 1 is 0.804 bits per heavy atom. The van der Waals surface area contributed by atoms with Crippen molar-refractivity contribution < 1.29 is 9.90 Å². The number of hydrogen-bond donors (Lipinski definition) is 1. The first-order valence-electron chi connectivity index (χ1n) is 21.0. The second-order valence-electron chi connectivity index (χ2n) is 18.1. The molecule has 0 spiro atoms. The lowest BCUT2D eigenvalue weighted by Gasteiger charge is -2.61. The molecule has 266 valence electrons. The Kier molecular flexibility index (Phi) is 15.3. The molecule has 1 N–H and O–H groups in total. The van der Waals surface area contributed by atoms with Gasteiger partial charge in [0.2, 0.25) is 0 Å². The first-order valence-corrected chi connectivity index (χ1v) is 21.0. The van der Waals surface area contributed by atoms with Crippen molar-refractivity contribution in [1.82, 2.24) is 0 Å². The maximum absolute atomic E-state index is 12.6. The summed E-state index contributed by atoms with van der Waals surface area (Å²) in [4.78, 5) is 12.6. The van der Waals surface area contributed by atoms with Crippen LogP contribution in [-0.2, 0) is 4.79 Å². The van der Waals surface area contributed by atoms with Crippen LogP contribution in [-0.4, -0.2) is 17.5 Å². The van der Waals surface area contributed by atoms with E-state index in [0.29, 0.717) is 17.3 Å². The first kappa shape index (κ1) is 38.2. The van der Waals surface area contributed by atoms with Crippen molar-refractivity contribution >= 4 is 6.29 Å². The third-order valence-electron chi connectivity index (χ3n) is 14.9. The van der Waals surface area contributed by atoms with Gasteiger partial charge in [0, 0.05) is 5.92 Å². The van der Waals surface area contributed by atoms with Gasteiger partial charge in [-0.2, -0.15) is 0 Å². The Balaban J connectivity index is 1.30. The Bertz CT molecular complexity index is 921. The molecule has 0 aromatic rings. The lowest BCUT2D eigenvalue weighted by molar-refractivity contribution is -0.131. The van der Waals surface area contributed by atoms with Crippen LogP contribution in [0.4, 0.5) is 0 Å². The first-order chi connectivity index (χ1) is 22.2. The van der Waals surface area contributed by atoms with Gasteiger partial charge in [0.15, 0.2) is 0 Å². The lowest BCUT2D eigenvalue weighted by atomic mass is 9.43. The molecule has 2 heteroatoms. The van der Waals surface area contributed by atoms with E-state index in [-0.39, 0.29) is 11.3 Å². The summed E-state index contributed by atoms with van der Waals surface area (Å²) in [5.74, 6) is 4.95. The van der Waals surface area contributed by atoms with Crippen molar-refractivity contribution in [1.29, 1.82) is 0 Å². The zero-order chi connectivity index (χ0) is 33.2. The molecule has 0 amide bonds. The van der Waals surface area contributed by atoms with Crippen LogP contribution in [0.1, 0.15) is 196 Å². The SMILES string of the molecule is CCCCCCCCCCCCCCCCC1C(C=O)[C@H](O)CC2=CC[C@H]3[C@@H]4CC[C@H]([C@H](C)CCCC(C)C)[C@@]4(C)CC[C@@H]3[C@]21C. The van der Waals surface area contributed by atoms with Crippen molar-refractivity contribution in [2.75, 3.05) is 0 Å². The van der Waals surface area contributed by atoms with Crippen molar-refractivity contribution in [3.05, 3.63) is 11.6 Å². The second kappa shape index (κ2) is 18.4. The third kappa shape index (κ3) is 8.93. The molecule has 4 aliphatic rings. The molecular weight excluding hydrogens is 560 g/mol. The fourth-order valence-corrected chi connectivity index (χ4v) is 12.2. The molecule has 0 bridgehead atoms. The monoisotopic (exact) mass is 639 g/mol. The summed E-state index contributed by atoms with van der Waals surface area (Å²) >= 11 is 0. The molecule has 3 saturated carbocycles. The quantitative estimate of drug-likeness (QED) is 0.0771. The van der Waals surface area contributed by atoms with Crippen LogP contribution in [0, 0.1) is 58.2 Å². The molecule has 46 heavy (non-hydrogen) atoms. The number of unbranched alkanes of at least 4 members (excludes halogenated alkanes) is 13. The van der Waals surface area contributed by atoms with Crippen LogP contribution >= 0.6 is 0 Å². The van der Waals surface area contributed by atoms with E-state index in [9.17, 15) is 9.90 Å². The minimum atomic E-state index is -0.485. The number of rotatable bonds is 21. The highest BCUT2D eigenvalue weighted by Gasteiger charge is 2.62. The summed E-state index contributed by atoms with van der Waals surface area (Å²) in [5, 5.41) is 11.2. The molecule has 3 fully saturated rings. The van der Waals surface area contributed by atoms with E-state index in [1.165, 1.54) is 153 Å². The van der Waals surface area contributed by atoms with Crippen LogP contribution in [0.3, 0.4) is 0 Å². The summed E-state index contributed by atoms with van der Waals surface area (Å²) in [7, 11) is 0. The molecule has 0 heterocycles. The van der Waals surface area contributed by atoms with Gasteiger partial charge in [-0.15, -0.1) is 0 Å². The molecule has 4 aliphatic carbocycles. The van der Waals surface area contributed by atoms with Gasteiger partial charge in [0.25, 0.3) is 0 Å². The molecular formula is C44H78O2. The highest BCUT2D eigenvalue weighted by atomic mass is 16.3. The number of fused-ring (bicyclic) bond motifs is 5. The van der Waals surface area contributed by atoms with Crippen LogP contribution in [0.15, 0.2) is 11.6 Å². The van der Waals surface area contributed by atoms with Gasteiger partial charge in [-0.25, -0.2) is 0 Å². The smallest absolute Gasteiger partial charge is 0.125 e. The zero-order valence-corrected chi connectivity index (χ0v) is 31.7. The predicted molar refractivity (Wildman–Crippen MR) is 198 cm³/mol. The molecule has 0 aliphatic heterocycles. The van der Waals surface area contributed by atoms with Gasteiger partial charge in [0.1, 0.15) is 6.29 Å². The van der Waals surface area contributed by atoms with E-state index in [0.717, 1.165) is 42.4 Å². The predicted octanol–water partition coefficient (Wildman–Crippen LogP) is 12.9. The molecule has 2 unspecified atom stereocenters. The number of aliphatic hydroxyl groups excluding tert-OH is 1. The van der Waals surface area contributed by atoms with Gasteiger partial charge in [0.05, 0.1) is 6.10 Å². The summed E-state index contributed by atoms with van der Waals surface area (Å²) in [6.45, 7) is 14.9. The maximum Gasteiger partial charge on any atom is 0.125 e. The topological polar surface area (TPSA) is 37.3 Å². The van der Waals surface area contributed by atoms with E-state index >= 15 is 0 Å². The van der Waals surface area contributed by atoms with Gasteiger partial charge in [-0.05, 0) is 97.2 Å². The maximum atomic E-state index is 12.6. The minimum Gasteiger partial charge on any atom is -0.392 e. The minimum absolute atomic E-state index is 0.0898. The Labute approximate surface area is 287 Å². The fourth-order valence-electron chi connectivity index (χ4n) is 12.2. The van der Waals surface area contributed by atoms with Crippen molar-refractivity contribution in [2.24, 2.45) is 58.2 Å². The Morgan fingerprint density at radius 2 is 1.41 bits per heavy atom. The summed E-state index contributed by atoms with van der Waals surface area (Å²) in [6.07, 6.45) is 35.4. The van der Waals surface area contributed by atoms with Crippen LogP contribution in [0.2, 0.25) is 0 Å². The molecule has 0 aromatic heterocycles. The average molecular weight is 639 g/mol. The van der Waals surface area contributed by atoms with Crippen LogP contribution in [0.25, 0.3) is 0 Å². The number of carbonyl (C=O) groups is 1. The van der Waals surface area contributed by atoms with Crippen LogP contribution < -0.4 is 0 Å². The third-order valence-corrected chi connectivity index (χ3v) is 14.9. The van der Waals surface area contributed by atoms with Crippen LogP contribution in [0.5, 0.6) is 0 Å². The number of aliphatic hydroxyl groups is 1. The standard InChI is InChI=1S/C44H78O2/c1-7-8-9-10-11-12-13-14-15-16-17-18-19-20-24-40-37(32-45)42(46)31-35-25-26-36-39-28-27-38(34(4)23-21-22-33(2)3)43(39,5)30-29-41(36)44(35,40)6/h25,32-34,36-42,46H,7-24,26-31H2,1-6H3/t34-,36+,37?,38-,39+,40?,41+,42-,43-,44-/m1/s1. The van der Waals surface area contributed by atoms with Crippen molar-refractivity contribution in [2.45, 2.75) is 202 Å². The highest BCUT2D eigenvalue weighted by molar-refractivity contribution is 5.57. The largest absolute Gasteiger partial charge is 0.392 e. The Hall–Kier alpha value is -0.630. The normalized spacial score (nSPS) is 36.2. The number of aldehydes is 1. The summed E-state index contributed by atoms with van der Waals surface area (Å²) in [5.41, 5.74) is 2.10. The van der Waals surface area contributed by atoms with Crippen molar-refractivity contribution in [3.8, 4) is 0 Å². The molecule has 0 aromatic carbocycles. The molecule has 10 atom stereocenters. The van der Waals surface area contributed by atoms with Gasteiger partial charge < -0.3 is 9.90 Å². The second-order valence-corrected chi connectivity index (χ2v) is 18.1.